The van der Waals surface area contributed by atoms with Crippen LogP contribution in [0.25, 0.3) is 0 Å². The van der Waals surface area contributed by atoms with Crippen LogP contribution in [0.3, 0.4) is 0 Å². The van der Waals surface area contributed by atoms with E-state index in [2.05, 4.69) is 157 Å². The highest BCUT2D eigenvalue weighted by atomic mass is 16.5. The van der Waals surface area contributed by atoms with Crippen molar-refractivity contribution in [2.24, 2.45) is 5.92 Å². The lowest BCUT2D eigenvalue weighted by molar-refractivity contribution is 0.0816. The summed E-state index contributed by atoms with van der Waals surface area (Å²) >= 11 is 0. The summed E-state index contributed by atoms with van der Waals surface area (Å²) in [6.45, 7) is 24.8. The van der Waals surface area contributed by atoms with E-state index in [-0.39, 0.29) is 23.0 Å². The Bertz CT molecular complexity index is 1790. The van der Waals surface area contributed by atoms with E-state index in [1.54, 1.807) is 0 Å². The summed E-state index contributed by atoms with van der Waals surface area (Å²) in [6.07, 6.45) is 15.2. The second kappa shape index (κ2) is 13.1. The number of aromatic nitrogens is 1. The zero-order valence-corrected chi connectivity index (χ0v) is 30.9. The molecular formula is C44H55N3O. The first-order chi connectivity index (χ1) is 22.9. The SMILES string of the molecule is CCN1/C(=C/C=C2\CCC(/C=C/C3N(CC)c4ccc(C)cc4C3(C)C)=C2OC(c2ccncc2)C(C)C)C(C)(C)c2cc(C)ccc21. The van der Waals surface area contributed by atoms with Gasteiger partial charge in [-0.3, -0.25) is 4.98 Å². The number of benzene rings is 2. The molecule has 0 amide bonds. The number of fused-ring (bicyclic) bond motifs is 2. The first-order valence-corrected chi connectivity index (χ1v) is 18.0. The van der Waals surface area contributed by atoms with E-state index >= 15 is 0 Å². The summed E-state index contributed by atoms with van der Waals surface area (Å²) < 4.78 is 7.16. The highest BCUT2D eigenvalue weighted by molar-refractivity contribution is 5.71. The molecule has 0 bridgehead atoms. The normalized spacial score (nSPS) is 22.0. The second-order valence-corrected chi connectivity index (χ2v) is 15.4. The van der Waals surface area contributed by atoms with Gasteiger partial charge in [0.15, 0.2) is 0 Å². The molecule has 1 aromatic heterocycles. The van der Waals surface area contributed by atoms with Gasteiger partial charge < -0.3 is 14.5 Å². The fraction of sp³-hybridized carbons (Fsp3) is 0.432. The summed E-state index contributed by atoms with van der Waals surface area (Å²) in [7, 11) is 0. The van der Waals surface area contributed by atoms with Crippen LogP contribution in [0.1, 0.15) is 102 Å². The van der Waals surface area contributed by atoms with Crippen molar-refractivity contribution in [3.8, 4) is 0 Å². The number of pyridine rings is 1. The van der Waals surface area contributed by atoms with Crippen molar-refractivity contribution >= 4 is 11.4 Å². The molecule has 0 saturated carbocycles. The molecule has 6 rings (SSSR count). The van der Waals surface area contributed by atoms with E-state index in [4.69, 9.17) is 4.74 Å². The van der Waals surface area contributed by atoms with Gasteiger partial charge in [-0.2, -0.15) is 0 Å². The number of anilines is 2. The molecule has 1 aliphatic carbocycles. The third-order valence-electron chi connectivity index (χ3n) is 11.0. The van der Waals surface area contributed by atoms with Crippen LogP contribution in [0.5, 0.6) is 0 Å². The zero-order valence-electron chi connectivity index (χ0n) is 30.9. The van der Waals surface area contributed by atoms with Crippen LogP contribution in [-0.4, -0.2) is 24.1 Å². The second-order valence-electron chi connectivity index (χ2n) is 15.4. The zero-order chi connectivity index (χ0) is 34.4. The Kier molecular flexibility index (Phi) is 9.24. The van der Waals surface area contributed by atoms with Crippen LogP contribution in [0.15, 0.2) is 108 Å². The Labute approximate surface area is 289 Å². The van der Waals surface area contributed by atoms with Gasteiger partial charge in [-0.25, -0.2) is 0 Å². The maximum absolute atomic E-state index is 7.16. The van der Waals surface area contributed by atoms with Crippen molar-refractivity contribution in [2.75, 3.05) is 22.9 Å². The number of likely N-dealkylation sites (N-methyl/N-ethyl adjacent to an activating group) is 2. The highest BCUT2D eigenvalue weighted by Gasteiger charge is 2.43. The molecule has 0 fully saturated rings. The van der Waals surface area contributed by atoms with Crippen molar-refractivity contribution in [3.63, 3.8) is 0 Å². The topological polar surface area (TPSA) is 28.6 Å². The van der Waals surface area contributed by atoms with E-state index in [1.807, 2.05) is 12.4 Å². The average molecular weight is 642 g/mol. The Morgan fingerprint density at radius 3 is 2.17 bits per heavy atom. The van der Waals surface area contributed by atoms with Crippen molar-refractivity contribution in [1.82, 2.24) is 4.98 Å². The predicted octanol–water partition coefficient (Wildman–Crippen LogP) is 10.8. The smallest absolute Gasteiger partial charge is 0.126 e. The molecule has 252 valence electrons. The lowest BCUT2D eigenvalue weighted by Gasteiger charge is -2.31. The van der Waals surface area contributed by atoms with Crippen LogP contribution < -0.4 is 9.80 Å². The molecule has 3 heterocycles. The molecule has 2 unspecified atom stereocenters. The lowest BCUT2D eigenvalue weighted by Crippen LogP contribution is -2.39. The molecule has 48 heavy (non-hydrogen) atoms. The van der Waals surface area contributed by atoms with E-state index in [9.17, 15) is 0 Å². The van der Waals surface area contributed by atoms with E-state index in [0.717, 1.165) is 31.7 Å². The number of rotatable bonds is 9. The van der Waals surface area contributed by atoms with Crippen LogP contribution >= 0.6 is 0 Å². The van der Waals surface area contributed by atoms with Gasteiger partial charge in [0.2, 0.25) is 0 Å². The minimum Gasteiger partial charge on any atom is -0.485 e. The summed E-state index contributed by atoms with van der Waals surface area (Å²) in [5.74, 6) is 1.34. The molecule has 0 radical (unpaired) electrons. The minimum atomic E-state index is -0.0803. The molecule has 4 nitrogen and oxygen atoms in total. The number of aryl methyl sites for hydroxylation is 2. The molecule has 0 saturated heterocycles. The summed E-state index contributed by atoms with van der Waals surface area (Å²) in [4.78, 5) is 9.34. The van der Waals surface area contributed by atoms with E-state index < -0.39 is 0 Å². The van der Waals surface area contributed by atoms with Crippen molar-refractivity contribution < 1.29 is 4.74 Å². The van der Waals surface area contributed by atoms with Gasteiger partial charge in [0.25, 0.3) is 0 Å². The van der Waals surface area contributed by atoms with Gasteiger partial charge in [0, 0.05) is 53.4 Å². The standard InChI is InChI=1S/C44H55N3O/c1-11-46-37-19-13-30(5)27-35(37)43(7,8)39(46)21-17-32-15-16-33(42(32)48-41(29(3)4)34-23-25-45-26-24-34)18-22-40-44(9,10)36-28-31(6)14-20-38(36)47(40)12-2/h13-14,17-29,39,41H,11-12,15-16H2,1-10H3/b21-17+,33-18+,40-22+. The van der Waals surface area contributed by atoms with Crippen LogP contribution in [-0.2, 0) is 15.6 Å². The molecule has 2 aliphatic heterocycles. The molecule has 3 aliphatic rings. The Morgan fingerprint density at radius 2 is 1.52 bits per heavy atom. The van der Waals surface area contributed by atoms with E-state index in [0.29, 0.717) is 5.92 Å². The largest absolute Gasteiger partial charge is 0.485 e. The molecule has 0 N–H and O–H groups in total. The number of nitrogens with zero attached hydrogens (tertiary/aromatic N) is 3. The van der Waals surface area contributed by atoms with Crippen molar-refractivity contribution in [2.45, 2.75) is 105 Å². The third kappa shape index (κ3) is 5.93. The Balaban J connectivity index is 1.42. The minimum absolute atomic E-state index is 0.000329. The van der Waals surface area contributed by atoms with Gasteiger partial charge in [-0.1, -0.05) is 95.2 Å². The fourth-order valence-corrected chi connectivity index (χ4v) is 8.28. The monoisotopic (exact) mass is 641 g/mol. The summed E-state index contributed by atoms with van der Waals surface area (Å²) in [5, 5.41) is 0. The van der Waals surface area contributed by atoms with Gasteiger partial charge >= 0.3 is 0 Å². The summed E-state index contributed by atoms with van der Waals surface area (Å²) in [6, 6.07) is 18.3. The maximum Gasteiger partial charge on any atom is 0.126 e. The van der Waals surface area contributed by atoms with Crippen LogP contribution in [0.2, 0.25) is 0 Å². The molecular weight excluding hydrogens is 587 g/mol. The van der Waals surface area contributed by atoms with Gasteiger partial charge in [0.05, 0.1) is 6.04 Å². The fourth-order valence-electron chi connectivity index (χ4n) is 8.28. The lowest BCUT2D eigenvalue weighted by atomic mass is 9.79. The number of hydrogen-bond donors (Lipinski definition) is 0. The quantitative estimate of drug-likeness (QED) is 0.232. The maximum atomic E-state index is 7.16. The molecule has 2 aromatic carbocycles. The first kappa shape index (κ1) is 33.8. The highest BCUT2D eigenvalue weighted by Crippen LogP contribution is 2.49. The average Bonchev–Trinajstić information content (AvgIpc) is 3.61. The van der Waals surface area contributed by atoms with Gasteiger partial charge in [-0.15, -0.1) is 0 Å². The van der Waals surface area contributed by atoms with Crippen molar-refractivity contribution in [3.05, 3.63) is 136 Å². The van der Waals surface area contributed by atoms with Crippen molar-refractivity contribution in [1.29, 1.82) is 0 Å². The Hall–Kier alpha value is -4.05. The number of ether oxygens (including phenoxy) is 1. The summed E-state index contributed by atoms with van der Waals surface area (Å²) in [5.41, 5.74) is 13.2. The molecule has 3 aromatic rings. The molecule has 2 atom stereocenters. The van der Waals surface area contributed by atoms with Gasteiger partial charge in [0.1, 0.15) is 11.9 Å². The third-order valence-corrected chi connectivity index (χ3v) is 11.0. The van der Waals surface area contributed by atoms with Crippen LogP contribution in [0.4, 0.5) is 11.4 Å². The predicted molar refractivity (Wildman–Crippen MR) is 203 cm³/mol. The Morgan fingerprint density at radius 1 is 0.854 bits per heavy atom. The number of allylic oxidation sites excluding steroid dienone is 6. The first-order valence-electron chi connectivity index (χ1n) is 18.0. The van der Waals surface area contributed by atoms with Crippen LogP contribution in [0, 0.1) is 19.8 Å². The molecule has 4 heteroatoms. The molecule has 0 spiro atoms. The van der Waals surface area contributed by atoms with E-state index in [1.165, 1.54) is 56.0 Å². The number of hydrogen-bond acceptors (Lipinski definition) is 4. The van der Waals surface area contributed by atoms with Gasteiger partial charge in [-0.05, 0) is 105 Å².